The minimum Gasteiger partial charge on any atom is -0.506 e. The van der Waals surface area contributed by atoms with Crippen molar-refractivity contribution < 1.29 is 9.84 Å². The highest BCUT2D eigenvalue weighted by Crippen LogP contribution is 2.31. The lowest BCUT2D eigenvalue weighted by Gasteiger charge is -2.16. The van der Waals surface area contributed by atoms with E-state index in [0.717, 1.165) is 6.42 Å². The molecule has 1 atom stereocenters. The van der Waals surface area contributed by atoms with Gasteiger partial charge in [0.1, 0.15) is 5.75 Å². The van der Waals surface area contributed by atoms with E-state index in [9.17, 15) is 5.11 Å². The van der Waals surface area contributed by atoms with Crippen molar-refractivity contribution in [2.24, 2.45) is 0 Å². The van der Waals surface area contributed by atoms with Gasteiger partial charge in [-0.15, -0.1) is 0 Å². The Hall–Kier alpha value is -0.480. The summed E-state index contributed by atoms with van der Waals surface area (Å²) < 4.78 is 5.64. The second-order valence-corrected chi connectivity index (χ2v) is 6.09. The lowest BCUT2D eigenvalue weighted by Crippen LogP contribution is -2.30. The number of nitrogens with one attached hydrogen (secondary N) is 1. The van der Waals surface area contributed by atoms with Crippen LogP contribution in [0.2, 0.25) is 10.0 Å². The molecule has 0 amide bonds. The molecule has 1 aromatic rings. The smallest absolute Gasteiger partial charge is 0.138 e. The third-order valence-corrected chi connectivity index (χ3v) is 3.61. The van der Waals surface area contributed by atoms with E-state index in [2.05, 4.69) is 19.2 Å². The van der Waals surface area contributed by atoms with Crippen molar-refractivity contribution in [2.75, 3.05) is 6.61 Å². The number of hydrogen-bond acceptors (Lipinski definition) is 3. The van der Waals surface area contributed by atoms with E-state index in [1.165, 1.54) is 6.07 Å². The highest BCUT2D eigenvalue weighted by Gasteiger charge is 2.31. The maximum atomic E-state index is 9.84. The van der Waals surface area contributed by atoms with Crippen molar-refractivity contribution in [2.45, 2.75) is 38.5 Å². The van der Waals surface area contributed by atoms with Crippen LogP contribution in [-0.2, 0) is 11.3 Å². The molecule has 3 nitrogen and oxygen atoms in total. The third kappa shape index (κ3) is 3.29. The zero-order valence-electron chi connectivity index (χ0n) is 10.5. The Bertz CT molecular complexity index is 449. The van der Waals surface area contributed by atoms with Gasteiger partial charge in [0, 0.05) is 23.2 Å². The number of hydrogen-bond donors (Lipinski definition) is 2. The fourth-order valence-corrected chi connectivity index (χ4v) is 2.71. The quantitative estimate of drug-likeness (QED) is 0.897. The fourth-order valence-electron chi connectivity index (χ4n) is 2.18. The Kier molecular flexibility index (Phi) is 4.07. The molecule has 1 heterocycles. The first-order valence-corrected chi connectivity index (χ1v) is 6.67. The molecule has 0 aromatic heterocycles. The standard InChI is InChI=1S/C13H17Cl2NO2/c1-13(2)5-10(7-18-13)16-6-8-3-9(14)4-11(15)12(8)17/h3-4,10,16-17H,5-7H2,1-2H3. The average Bonchev–Trinajstić information content (AvgIpc) is 2.61. The van der Waals surface area contributed by atoms with Crippen LogP contribution in [0.15, 0.2) is 12.1 Å². The number of halogens is 2. The zero-order valence-corrected chi connectivity index (χ0v) is 12.0. The Labute approximate surface area is 117 Å². The van der Waals surface area contributed by atoms with E-state index in [-0.39, 0.29) is 22.4 Å². The second kappa shape index (κ2) is 5.25. The van der Waals surface area contributed by atoms with Crippen LogP contribution in [0.25, 0.3) is 0 Å². The SMILES string of the molecule is CC1(C)CC(NCc2cc(Cl)cc(Cl)c2O)CO1. The number of phenolic OH excluding ortho intramolecular Hbond substituents is 1. The molecule has 1 aliphatic rings. The number of benzene rings is 1. The van der Waals surface area contributed by atoms with Crippen molar-refractivity contribution >= 4 is 23.2 Å². The van der Waals surface area contributed by atoms with Gasteiger partial charge >= 0.3 is 0 Å². The summed E-state index contributed by atoms with van der Waals surface area (Å²) in [6.07, 6.45) is 0.946. The van der Waals surface area contributed by atoms with Crippen LogP contribution in [0.3, 0.4) is 0 Å². The molecule has 5 heteroatoms. The number of ether oxygens (including phenoxy) is 1. The summed E-state index contributed by atoms with van der Waals surface area (Å²) >= 11 is 11.8. The van der Waals surface area contributed by atoms with Crippen molar-refractivity contribution in [1.29, 1.82) is 0 Å². The molecule has 1 unspecified atom stereocenters. The Morgan fingerprint density at radius 2 is 2.17 bits per heavy atom. The zero-order chi connectivity index (χ0) is 13.3. The summed E-state index contributed by atoms with van der Waals surface area (Å²) in [5.41, 5.74) is 0.628. The molecular weight excluding hydrogens is 273 g/mol. The molecular formula is C13H17Cl2NO2. The van der Waals surface area contributed by atoms with Gasteiger partial charge in [-0.25, -0.2) is 0 Å². The highest BCUT2D eigenvalue weighted by molar-refractivity contribution is 6.35. The van der Waals surface area contributed by atoms with E-state index in [0.29, 0.717) is 23.7 Å². The molecule has 2 N–H and O–H groups in total. The maximum absolute atomic E-state index is 9.84. The predicted molar refractivity (Wildman–Crippen MR) is 73.4 cm³/mol. The van der Waals surface area contributed by atoms with Gasteiger partial charge < -0.3 is 15.2 Å². The summed E-state index contributed by atoms with van der Waals surface area (Å²) in [5.74, 6) is 0.0896. The van der Waals surface area contributed by atoms with Gasteiger partial charge in [0.05, 0.1) is 17.2 Å². The van der Waals surface area contributed by atoms with Crippen LogP contribution in [0.5, 0.6) is 5.75 Å². The molecule has 2 rings (SSSR count). The van der Waals surface area contributed by atoms with Crippen molar-refractivity contribution in [3.8, 4) is 5.75 Å². The normalized spacial score (nSPS) is 22.3. The predicted octanol–water partition coefficient (Wildman–Crippen LogP) is 3.36. The molecule has 1 aliphatic heterocycles. The molecule has 18 heavy (non-hydrogen) atoms. The number of rotatable bonds is 3. The largest absolute Gasteiger partial charge is 0.506 e. The first kappa shape index (κ1) is 13.9. The van der Waals surface area contributed by atoms with E-state index in [4.69, 9.17) is 27.9 Å². The van der Waals surface area contributed by atoms with Gasteiger partial charge in [0.15, 0.2) is 0 Å². The Balaban J connectivity index is 1.99. The molecule has 100 valence electrons. The van der Waals surface area contributed by atoms with Crippen LogP contribution in [-0.4, -0.2) is 23.4 Å². The molecule has 1 saturated heterocycles. The molecule has 0 bridgehead atoms. The lowest BCUT2D eigenvalue weighted by molar-refractivity contribution is 0.0357. The van der Waals surface area contributed by atoms with Crippen LogP contribution >= 0.6 is 23.2 Å². The molecule has 1 fully saturated rings. The van der Waals surface area contributed by atoms with Gasteiger partial charge in [-0.1, -0.05) is 23.2 Å². The number of aromatic hydroxyl groups is 1. The molecule has 1 aromatic carbocycles. The number of phenols is 1. The van der Waals surface area contributed by atoms with E-state index >= 15 is 0 Å². The second-order valence-electron chi connectivity index (χ2n) is 5.25. The first-order valence-electron chi connectivity index (χ1n) is 5.91. The summed E-state index contributed by atoms with van der Waals surface area (Å²) in [7, 11) is 0. The van der Waals surface area contributed by atoms with Crippen LogP contribution in [0, 0.1) is 0 Å². The summed E-state index contributed by atoms with van der Waals surface area (Å²) in [4.78, 5) is 0. The monoisotopic (exact) mass is 289 g/mol. The van der Waals surface area contributed by atoms with Gasteiger partial charge in [0.2, 0.25) is 0 Å². The first-order chi connectivity index (χ1) is 8.37. The Morgan fingerprint density at radius 1 is 1.44 bits per heavy atom. The van der Waals surface area contributed by atoms with E-state index < -0.39 is 0 Å². The molecule has 0 radical (unpaired) electrons. The lowest BCUT2D eigenvalue weighted by atomic mass is 10.0. The maximum Gasteiger partial charge on any atom is 0.138 e. The minimum atomic E-state index is -0.0777. The summed E-state index contributed by atoms with van der Waals surface area (Å²) in [5, 5.41) is 14.0. The third-order valence-electron chi connectivity index (χ3n) is 3.10. The van der Waals surface area contributed by atoms with Gasteiger partial charge in [-0.05, 0) is 32.4 Å². The highest BCUT2D eigenvalue weighted by atomic mass is 35.5. The minimum absolute atomic E-state index is 0.0777. The van der Waals surface area contributed by atoms with Gasteiger partial charge in [-0.2, -0.15) is 0 Å². The van der Waals surface area contributed by atoms with Crippen molar-refractivity contribution in [1.82, 2.24) is 5.32 Å². The van der Waals surface area contributed by atoms with Crippen LogP contribution < -0.4 is 5.32 Å². The molecule has 0 aliphatic carbocycles. The Morgan fingerprint density at radius 3 is 2.78 bits per heavy atom. The van der Waals surface area contributed by atoms with Crippen molar-refractivity contribution in [3.63, 3.8) is 0 Å². The van der Waals surface area contributed by atoms with E-state index in [1.807, 2.05) is 0 Å². The summed E-state index contributed by atoms with van der Waals surface area (Å²) in [6.45, 7) is 5.35. The van der Waals surface area contributed by atoms with Crippen molar-refractivity contribution in [3.05, 3.63) is 27.7 Å². The van der Waals surface area contributed by atoms with Crippen LogP contribution in [0.4, 0.5) is 0 Å². The van der Waals surface area contributed by atoms with Gasteiger partial charge in [-0.3, -0.25) is 0 Å². The van der Waals surface area contributed by atoms with Crippen LogP contribution in [0.1, 0.15) is 25.8 Å². The average molecular weight is 290 g/mol. The topological polar surface area (TPSA) is 41.5 Å². The molecule has 0 saturated carbocycles. The molecule has 0 spiro atoms. The summed E-state index contributed by atoms with van der Waals surface area (Å²) in [6, 6.07) is 3.54. The van der Waals surface area contributed by atoms with E-state index in [1.54, 1.807) is 6.07 Å². The van der Waals surface area contributed by atoms with Gasteiger partial charge in [0.25, 0.3) is 0 Å². The fraction of sp³-hybridized carbons (Fsp3) is 0.538.